The molecule has 17 heavy (non-hydrogen) atoms. The molecular formula is C14H20N2O. The molecule has 1 saturated carbocycles. The maximum absolute atomic E-state index is 9.54. The fourth-order valence-corrected chi connectivity index (χ4v) is 3.44. The minimum atomic E-state index is 0.309. The van der Waals surface area contributed by atoms with Gasteiger partial charge in [-0.1, -0.05) is 18.6 Å². The molecule has 0 aromatic heterocycles. The molecular weight excluding hydrogens is 212 g/mol. The summed E-state index contributed by atoms with van der Waals surface area (Å²) in [6.45, 7) is 2.32. The Kier molecular flexibility index (Phi) is 2.51. The Morgan fingerprint density at radius 3 is 2.65 bits per heavy atom. The van der Waals surface area contributed by atoms with E-state index in [2.05, 4.69) is 11.0 Å². The van der Waals surface area contributed by atoms with Crippen molar-refractivity contribution in [2.45, 2.75) is 19.3 Å². The van der Waals surface area contributed by atoms with Gasteiger partial charge in [0.05, 0.1) is 11.4 Å². The van der Waals surface area contributed by atoms with E-state index in [1.54, 1.807) is 0 Å². The third-order valence-corrected chi connectivity index (χ3v) is 4.66. The predicted molar refractivity (Wildman–Crippen MR) is 69.9 cm³/mol. The van der Waals surface area contributed by atoms with Gasteiger partial charge < -0.3 is 15.7 Å². The molecule has 3 rings (SSSR count). The molecule has 0 radical (unpaired) electrons. The molecule has 92 valence electrons. The fourth-order valence-electron chi connectivity index (χ4n) is 3.44. The van der Waals surface area contributed by atoms with E-state index >= 15 is 0 Å². The summed E-state index contributed by atoms with van der Waals surface area (Å²) >= 11 is 0. The average Bonchev–Trinajstić information content (AvgIpc) is 2.69. The third kappa shape index (κ3) is 1.61. The molecule has 3 heteroatoms. The molecule has 1 aromatic carbocycles. The minimum Gasteiger partial charge on any atom is -0.397 e. The number of para-hydroxylation sites is 2. The molecule has 1 saturated heterocycles. The first kappa shape index (κ1) is 10.9. The van der Waals surface area contributed by atoms with Crippen LogP contribution in [-0.4, -0.2) is 24.8 Å². The van der Waals surface area contributed by atoms with Crippen LogP contribution in [0.25, 0.3) is 0 Å². The van der Waals surface area contributed by atoms with Crippen molar-refractivity contribution >= 4 is 11.4 Å². The van der Waals surface area contributed by atoms with Crippen LogP contribution in [0.1, 0.15) is 19.3 Å². The van der Waals surface area contributed by atoms with Gasteiger partial charge in [0.2, 0.25) is 0 Å². The van der Waals surface area contributed by atoms with Crippen molar-refractivity contribution in [3.63, 3.8) is 0 Å². The summed E-state index contributed by atoms with van der Waals surface area (Å²) in [6, 6.07) is 8.04. The number of nitrogens with zero attached hydrogens (tertiary/aromatic N) is 1. The predicted octanol–water partition coefficient (Wildman–Crippen LogP) is 1.87. The molecule has 0 unspecified atom stereocenters. The van der Waals surface area contributed by atoms with Crippen LogP contribution in [0.5, 0.6) is 0 Å². The van der Waals surface area contributed by atoms with Crippen LogP contribution in [0, 0.1) is 11.3 Å². The zero-order chi connectivity index (χ0) is 11.9. The van der Waals surface area contributed by atoms with Crippen LogP contribution in [-0.2, 0) is 0 Å². The zero-order valence-electron chi connectivity index (χ0n) is 10.1. The molecule has 1 aromatic rings. The smallest absolute Gasteiger partial charge is 0.0600 e. The number of aliphatic hydroxyl groups excluding tert-OH is 1. The van der Waals surface area contributed by atoms with E-state index in [4.69, 9.17) is 5.73 Å². The van der Waals surface area contributed by atoms with E-state index in [0.717, 1.165) is 24.5 Å². The monoisotopic (exact) mass is 232 g/mol. The fraction of sp³-hybridized carbons (Fsp3) is 0.571. The molecule has 0 amide bonds. The van der Waals surface area contributed by atoms with Gasteiger partial charge in [0, 0.05) is 25.6 Å². The Balaban J connectivity index is 1.85. The second kappa shape index (κ2) is 3.91. The lowest BCUT2D eigenvalue weighted by Crippen LogP contribution is -2.38. The van der Waals surface area contributed by atoms with Crippen molar-refractivity contribution in [3.8, 4) is 0 Å². The first-order valence-corrected chi connectivity index (χ1v) is 6.45. The lowest BCUT2D eigenvalue weighted by Gasteiger charge is -2.42. The van der Waals surface area contributed by atoms with E-state index in [1.807, 2.05) is 18.2 Å². The maximum Gasteiger partial charge on any atom is 0.0600 e. The van der Waals surface area contributed by atoms with Crippen molar-refractivity contribution in [1.29, 1.82) is 0 Å². The van der Waals surface area contributed by atoms with Crippen molar-refractivity contribution in [1.82, 2.24) is 0 Å². The lowest BCUT2D eigenvalue weighted by atomic mass is 9.63. The van der Waals surface area contributed by atoms with Crippen LogP contribution in [0.2, 0.25) is 0 Å². The largest absolute Gasteiger partial charge is 0.397 e. The molecule has 2 fully saturated rings. The van der Waals surface area contributed by atoms with Crippen molar-refractivity contribution in [2.75, 3.05) is 30.3 Å². The van der Waals surface area contributed by atoms with Crippen molar-refractivity contribution in [3.05, 3.63) is 24.3 Å². The number of benzene rings is 1. The molecule has 3 nitrogen and oxygen atoms in total. The summed E-state index contributed by atoms with van der Waals surface area (Å²) in [5, 5.41) is 9.54. The summed E-state index contributed by atoms with van der Waals surface area (Å²) in [5.41, 5.74) is 8.38. The normalized spacial score (nSPS) is 26.2. The Bertz CT molecular complexity index is 414. The molecule has 1 spiro atoms. The summed E-state index contributed by atoms with van der Waals surface area (Å²) in [7, 11) is 0. The van der Waals surface area contributed by atoms with E-state index in [-0.39, 0.29) is 0 Å². The summed E-state index contributed by atoms with van der Waals surface area (Å²) in [5.74, 6) is 0.427. The second-order valence-electron chi connectivity index (χ2n) is 5.53. The summed E-state index contributed by atoms with van der Waals surface area (Å²) in [4.78, 5) is 2.36. The number of hydrogen-bond acceptors (Lipinski definition) is 3. The van der Waals surface area contributed by atoms with Crippen molar-refractivity contribution < 1.29 is 5.11 Å². The molecule has 1 heterocycles. The number of hydrogen-bond donors (Lipinski definition) is 2. The van der Waals surface area contributed by atoms with Crippen LogP contribution >= 0.6 is 0 Å². The summed E-state index contributed by atoms with van der Waals surface area (Å²) in [6.07, 6.45) is 3.84. The second-order valence-corrected chi connectivity index (χ2v) is 5.53. The first-order chi connectivity index (χ1) is 8.25. The molecule has 1 atom stereocenters. The van der Waals surface area contributed by atoms with Crippen LogP contribution in [0.3, 0.4) is 0 Å². The molecule has 3 N–H and O–H groups in total. The quantitative estimate of drug-likeness (QED) is 0.765. The van der Waals surface area contributed by atoms with E-state index in [9.17, 15) is 5.11 Å². The van der Waals surface area contributed by atoms with Crippen LogP contribution < -0.4 is 10.6 Å². The van der Waals surface area contributed by atoms with Gasteiger partial charge in [-0.2, -0.15) is 0 Å². The SMILES string of the molecule is Nc1ccccc1N1C[C@H](CO)C2(CCC2)C1. The highest BCUT2D eigenvalue weighted by molar-refractivity contribution is 5.68. The first-order valence-electron chi connectivity index (χ1n) is 6.45. The average molecular weight is 232 g/mol. The van der Waals surface area contributed by atoms with E-state index < -0.39 is 0 Å². The van der Waals surface area contributed by atoms with Gasteiger partial charge in [-0.15, -0.1) is 0 Å². The van der Waals surface area contributed by atoms with Crippen LogP contribution in [0.4, 0.5) is 11.4 Å². The Morgan fingerprint density at radius 1 is 1.35 bits per heavy atom. The summed E-state index contributed by atoms with van der Waals surface area (Å²) < 4.78 is 0. The topological polar surface area (TPSA) is 49.5 Å². The zero-order valence-corrected chi connectivity index (χ0v) is 10.1. The Hall–Kier alpha value is -1.22. The Morgan fingerprint density at radius 2 is 2.12 bits per heavy atom. The number of rotatable bonds is 2. The van der Waals surface area contributed by atoms with Gasteiger partial charge >= 0.3 is 0 Å². The minimum absolute atomic E-state index is 0.309. The lowest BCUT2D eigenvalue weighted by molar-refractivity contribution is 0.0571. The number of aliphatic hydroxyl groups is 1. The standard InChI is InChI=1S/C14H20N2O/c15-12-4-1-2-5-13(12)16-8-11(9-17)14(10-16)6-3-7-14/h1-2,4-5,11,17H,3,6-10,15H2/t11-/m1/s1. The maximum atomic E-state index is 9.54. The highest BCUT2D eigenvalue weighted by atomic mass is 16.3. The number of anilines is 2. The number of nitrogens with two attached hydrogens (primary N) is 1. The molecule has 2 aliphatic rings. The van der Waals surface area contributed by atoms with Gasteiger partial charge in [0.25, 0.3) is 0 Å². The van der Waals surface area contributed by atoms with Crippen molar-refractivity contribution in [2.24, 2.45) is 11.3 Å². The van der Waals surface area contributed by atoms with Gasteiger partial charge in [0.1, 0.15) is 0 Å². The Labute approximate surface area is 102 Å². The van der Waals surface area contributed by atoms with Crippen LogP contribution in [0.15, 0.2) is 24.3 Å². The van der Waals surface area contributed by atoms with Gasteiger partial charge in [-0.05, 0) is 30.4 Å². The van der Waals surface area contributed by atoms with Gasteiger partial charge in [-0.3, -0.25) is 0 Å². The molecule has 1 aliphatic heterocycles. The van der Waals surface area contributed by atoms with E-state index in [1.165, 1.54) is 19.3 Å². The highest BCUT2D eigenvalue weighted by Gasteiger charge is 2.50. The molecule has 0 bridgehead atoms. The van der Waals surface area contributed by atoms with Gasteiger partial charge in [-0.25, -0.2) is 0 Å². The number of nitrogen functional groups attached to an aromatic ring is 1. The van der Waals surface area contributed by atoms with Gasteiger partial charge in [0.15, 0.2) is 0 Å². The molecule has 1 aliphatic carbocycles. The van der Waals surface area contributed by atoms with E-state index in [0.29, 0.717) is 17.9 Å². The highest BCUT2D eigenvalue weighted by Crippen LogP contribution is 2.52. The third-order valence-electron chi connectivity index (χ3n) is 4.66.